The van der Waals surface area contributed by atoms with E-state index in [1.807, 2.05) is 0 Å². The van der Waals surface area contributed by atoms with Crippen LogP contribution in [0.4, 0.5) is 0 Å². The van der Waals surface area contributed by atoms with Gasteiger partial charge in [0.1, 0.15) is 0 Å². The molecule has 1 fully saturated rings. The van der Waals surface area contributed by atoms with Gasteiger partial charge in [0.2, 0.25) is 12.3 Å². The molecular weight excluding hydrogens is 170 g/mol. The van der Waals surface area contributed by atoms with Crippen molar-refractivity contribution in [1.82, 2.24) is 15.5 Å². The lowest BCUT2D eigenvalue weighted by Gasteiger charge is -2.11. The van der Waals surface area contributed by atoms with E-state index in [1.54, 1.807) is 0 Å². The zero-order valence-electron chi connectivity index (χ0n) is 7.36. The molecule has 1 N–H and O–H groups in total. The van der Waals surface area contributed by atoms with Gasteiger partial charge in [-0.2, -0.15) is 4.98 Å². The summed E-state index contributed by atoms with van der Waals surface area (Å²) in [5.41, 5.74) is 0. The molecule has 1 aromatic rings. The molecule has 70 valence electrons. The smallest absolute Gasteiger partial charge is 0.217 e. The van der Waals surface area contributed by atoms with E-state index in [9.17, 15) is 4.79 Å². The summed E-state index contributed by atoms with van der Waals surface area (Å²) in [4.78, 5) is 14.8. The number of nitrogens with one attached hydrogen (secondary N) is 1. The van der Waals surface area contributed by atoms with Crippen molar-refractivity contribution >= 4 is 5.91 Å². The lowest BCUT2D eigenvalue weighted by atomic mass is 10.2. The van der Waals surface area contributed by atoms with Crippen LogP contribution in [-0.4, -0.2) is 16.0 Å². The largest absolute Gasteiger partial charge is 0.346 e. The van der Waals surface area contributed by atoms with Crippen molar-refractivity contribution in [3.05, 3.63) is 12.2 Å². The molecule has 0 saturated heterocycles. The molecule has 0 radical (unpaired) electrons. The Kier molecular flexibility index (Phi) is 2.00. The number of carbonyl (C=O) groups excluding carboxylic acids is 1. The first-order valence-electron chi connectivity index (χ1n) is 4.30. The predicted octanol–water partition coefficient (Wildman–Crippen LogP) is 0.657. The number of aromatic nitrogens is 2. The Morgan fingerprint density at radius 3 is 3.00 bits per heavy atom. The first kappa shape index (κ1) is 8.22. The average Bonchev–Trinajstić information content (AvgIpc) is 2.77. The van der Waals surface area contributed by atoms with Gasteiger partial charge < -0.3 is 9.84 Å². The average molecular weight is 181 g/mol. The maximum atomic E-state index is 10.9. The van der Waals surface area contributed by atoms with Gasteiger partial charge in [-0.3, -0.25) is 4.79 Å². The van der Waals surface area contributed by atoms with Crippen LogP contribution in [0.15, 0.2) is 10.9 Å². The number of amides is 1. The Balaban J connectivity index is 2.09. The molecule has 0 bridgehead atoms. The van der Waals surface area contributed by atoms with Crippen LogP contribution in [0, 0.1) is 5.92 Å². The summed E-state index contributed by atoms with van der Waals surface area (Å²) >= 11 is 0. The van der Waals surface area contributed by atoms with E-state index in [0.717, 1.165) is 12.8 Å². The van der Waals surface area contributed by atoms with Crippen molar-refractivity contribution in [3.8, 4) is 0 Å². The fraction of sp³-hybridized carbons (Fsp3) is 0.625. The SMILES string of the molecule is CC(=O)NC(c1ncon1)C1CC1. The first-order chi connectivity index (χ1) is 6.27. The molecule has 5 nitrogen and oxygen atoms in total. The van der Waals surface area contributed by atoms with Gasteiger partial charge in [0.15, 0.2) is 5.82 Å². The molecule has 1 saturated carbocycles. The third-order valence-electron chi connectivity index (χ3n) is 2.11. The van der Waals surface area contributed by atoms with Gasteiger partial charge in [0.25, 0.3) is 0 Å². The van der Waals surface area contributed by atoms with E-state index < -0.39 is 0 Å². The van der Waals surface area contributed by atoms with Gasteiger partial charge in [-0.25, -0.2) is 0 Å². The van der Waals surface area contributed by atoms with Crippen LogP contribution in [0.3, 0.4) is 0 Å². The van der Waals surface area contributed by atoms with Crippen LogP contribution in [0.5, 0.6) is 0 Å². The van der Waals surface area contributed by atoms with E-state index in [-0.39, 0.29) is 11.9 Å². The summed E-state index contributed by atoms with van der Waals surface area (Å²) in [6, 6.07) is -0.0590. The molecule has 1 aliphatic rings. The lowest BCUT2D eigenvalue weighted by Crippen LogP contribution is -2.28. The van der Waals surface area contributed by atoms with E-state index in [0.29, 0.717) is 11.7 Å². The maximum Gasteiger partial charge on any atom is 0.217 e. The molecule has 5 heteroatoms. The number of nitrogens with zero attached hydrogens (tertiary/aromatic N) is 2. The lowest BCUT2D eigenvalue weighted by molar-refractivity contribution is -0.119. The van der Waals surface area contributed by atoms with Crippen molar-refractivity contribution in [3.63, 3.8) is 0 Å². The first-order valence-corrected chi connectivity index (χ1v) is 4.30. The zero-order valence-corrected chi connectivity index (χ0v) is 7.36. The molecule has 13 heavy (non-hydrogen) atoms. The van der Waals surface area contributed by atoms with Gasteiger partial charge in [-0.1, -0.05) is 5.16 Å². The van der Waals surface area contributed by atoms with Crippen molar-refractivity contribution in [2.45, 2.75) is 25.8 Å². The summed E-state index contributed by atoms with van der Waals surface area (Å²) in [6.45, 7) is 1.50. The summed E-state index contributed by atoms with van der Waals surface area (Å²) in [7, 11) is 0. The van der Waals surface area contributed by atoms with Crippen molar-refractivity contribution < 1.29 is 9.32 Å². The van der Waals surface area contributed by atoms with Crippen LogP contribution in [0.1, 0.15) is 31.6 Å². The van der Waals surface area contributed by atoms with Gasteiger partial charge in [-0.05, 0) is 18.8 Å². The fourth-order valence-electron chi connectivity index (χ4n) is 1.36. The van der Waals surface area contributed by atoms with Gasteiger partial charge >= 0.3 is 0 Å². The van der Waals surface area contributed by atoms with Crippen LogP contribution in [0.25, 0.3) is 0 Å². The fourth-order valence-corrected chi connectivity index (χ4v) is 1.36. The minimum Gasteiger partial charge on any atom is -0.346 e. The van der Waals surface area contributed by atoms with Crippen molar-refractivity contribution in [1.29, 1.82) is 0 Å². The quantitative estimate of drug-likeness (QED) is 0.743. The molecule has 1 unspecified atom stereocenters. The number of hydrogen-bond donors (Lipinski definition) is 1. The topological polar surface area (TPSA) is 68.0 Å². The van der Waals surface area contributed by atoms with Crippen molar-refractivity contribution in [2.75, 3.05) is 0 Å². The molecule has 1 atom stereocenters. The van der Waals surface area contributed by atoms with E-state index >= 15 is 0 Å². The Hall–Kier alpha value is -1.39. The third-order valence-corrected chi connectivity index (χ3v) is 2.11. The Morgan fingerprint density at radius 1 is 1.77 bits per heavy atom. The van der Waals surface area contributed by atoms with Crippen LogP contribution >= 0.6 is 0 Å². The molecule has 0 aliphatic heterocycles. The normalized spacial score (nSPS) is 18.2. The van der Waals surface area contributed by atoms with Crippen LogP contribution in [-0.2, 0) is 4.79 Å². The second kappa shape index (κ2) is 3.16. The van der Waals surface area contributed by atoms with Crippen molar-refractivity contribution in [2.24, 2.45) is 5.92 Å². The highest BCUT2D eigenvalue weighted by atomic mass is 16.5. The predicted molar refractivity (Wildman–Crippen MR) is 43.6 cm³/mol. The zero-order chi connectivity index (χ0) is 9.26. The number of hydrogen-bond acceptors (Lipinski definition) is 4. The summed E-state index contributed by atoms with van der Waals surface area (Å²) in [6.07, 6.45) is 3.53. The van der Waals surface area contributed by atoms with E-state index in [1.165, 1.54) is 13.3 Å². The Bertz CT molecular complexity index is 292. The highest BCUT2D eigenvalue weighted by Crippen LogP contribution is 2.39. The highest BCUT2D eigenvalue weighted by molar-refractivity contribution is 5.73. The maximum absolute atomic E-state index is 10.9. The van der Waals surface area contributed by atoms with Crippen LogP contribution in [0.2, 0.25) is 0 Å². The van der Waals surface area contributed by atoms with Crippen LogP contribution < -0.4 is 5.32 Å². The summed E-state index contributed by atoms with van der Waals surface area (Å²) in [5.74, 6) is 1.01. The summed E-state index contributed by atoms with van der Waals surface area (Å²) < 4.78 is 4.64. The molecule has 1 aromatic heterocycles. The summed E-state index contributed by atoms with van der Waals surface area (Å²) in [5, 5.41) is 6.55. The standard InChI is InChI=1S/C8H11N3O2/c1-5(12)10-7(6-2-3-6)8-9-4-13-11-8/h4,6-7H,2-3H2,1H3,(H,10,12). The molecule has 1 heterocycles. The molecule has 1 aliphatic carbocycles. The van der Waals surface area contributed by atoms with E-state index in [4.69, 9.17) is 0 Å². The van der Waals surface area contributed by atoms with Gasteiger partial charge in [0.05, 0.1) is 6.04 Å². The minimum absolute atomic E-state index is 0.0540. The van der Waals surface area contributed by atoms with E-state index in [2.05, 4.69) is 20.0 Å². The Labute approximate surface area is 75.5 Å². The molecular formula is C8H11N3O2. The third kappa shape index (κ3) is 1.85. The second-order valence-electron chi connectivity index (χ2n) is 3.31. The number of carbonyl (C=O) groups is 1. The molecule has 1 amide bonds. The molecule has 2 rings (SSSR count). The Morgan fingerprint density at radius 2 is 2.54 bits per heavy atom. The highest BCUT2D eigenvalue weighted by Gasteiger charge is 2.35. The molecule has 0 aromatic carbocycles. The van der Waals surface area contributed by atoms with Gasteiger partial charge in [-0.15, -0.1) is 0 Å². The second-order valence-corrected chi connectivity index (χ2v) is 3.31. The minimum atomic E-state index is -0.0590. The van der Waals surface area contributed by atoms with Gasteiger partial charge in [0, 0.05) is 6.92 Å². The number of rotatable bonds is 3. The molecule has 0 spiro atoms. The monoisotopic (exact) mass is 181 g/mol.